The SMILES string of the molecule is CC(O)CSCCCCCCCCC(C)(C)C. The Morgan fingerprint density at radius 1 is 0.941 bits per heavy atom. The van der Waals surface area contributed by atoms with Gasteiger partial charge in [-0.2, -0.15) is 11.8 Å². The lowest BCUT2D eigenvalue weighted by atomic mass is 9.89. The van der Waals surface area contributed by atoms with Gasteiger partial charge in [-0.15, -0.1) is 0 Å². The first-order valence-corrected chi connectivity index (χ1v) is 8.33. The molecule has 0 aliphatic rings. The maximum atomic E-state index is 9.10. The van der Waals surface area contributed by atoms with Crippen molar-refractivity contribution in [1.29, 1.82) is 0 Å². The second-order valence-corrected chi connectivity index (χ2v) is 7.51. The summed E-state index contributed by atoms with van der Waals surface area (Å²) in [6.45, 7) is 8.84. The second kappa shape index (κ2) is 10.3. The normalized spacial score (nSPS) is 13.9. The summed E-state index contributed by atoms with van der Waals surface area (Å²) < 4.78 is 0. The van der Waals surface area contributed by atoms with Crippen LogP contribution in [0, 0.1) is 5.41 Å². The lowest BCUT2D eigenvalue weighted by Gasteiger charge is -2.17. The molecule has 1 atom stereocenters. The summed E-state index contributed by atoms with van der Waals surface area (Å²) in [5.74, 6) is 2.11. The first-order chi connectivity index (χ1) is 7.92. The average molecular weight is 260 g/mol. The number of hydrogen-bond acceptors (Lipinski definition) is 2. The molecule has 1 unspecified atom stereocenters. The molecule has 2 heteroatoms. The van der Waals surface area contributed by atoms with Crippen molar-refractivity contribution in [2.75, 3.05) is 11.5 Å². The van der Waals surface area contributed by atoms with E-state index >= 15 is 0 Å². The van der Waals surface area contributed by atoms with Crippen LogP contribution in [0.2, 0.25) is 0 Å². The van der Waals surface area contributed by atoms with E-state index in [-0.39, 0.29) is 6.10 Å². The zero-order valence-electron chi connectivity index (χ0n) is 12.3. The lowest BCUT2D eigenvalue weighted by Crippen LogP contribution is -2.04. The zero-order valence-corrected chi connectivity index (χ0v) is 13.1. The van der Waals surface area contributed by atoms with Gasteiger partial charge in [0, 0.05) is 5.75 Å². The van der Waals surface area contributed by atoms with Crippen LogP contribution in [-0.2, 0) is 0 Å². The molecule has 0 saturated carbocycles. The highest BCUT2D eigenvalue weighted by atomic mass is 32.2. The van der Waals surface area contributed by atoms with Gasteiger partial charge in [0.05, 0.1) is 6.10 Å². The summed E-state index contributed by atoms with van der Waals surface area (Å²) in [5.41, 5.74) is 0.512. The van der Waals surface area contributed by atoms with E-state index in [2.05, 4.69) is 20.8 Å². The minimum atomic E-state index is -0.141. The summed E-state index contributed by atoms with van der Waals surface area (Å²) in [5, 5.41) is 9.10. The van der Waals surface area contributed by atoms with Crippen LogP contribution in [-0.4, -0.2) is 22.7 Å². The Balaban J connectivity index is 3.04. The highest BCUT2D eigenvalue weighted by molar-refractivity contribution is 7.99. The quantitative estimate of drug-likeness (QED) is 0.565. The van der Waals surface area contributed by atoms with E-state index in [4.69, 9.17) is 5.11 Å². The van der Waals surface area contributed by atoms with Gasteiger partial charge in [0.15, 0.2) is 0 Å². The van der Waals surface area contributed by atoms with Crippen LogP contribution in [0.3, 0.4) is 0 Å². The van der Waals surface area contributed by atoms with Gasteiger partial charge >= 0.3 is 0 Å². The van der Waals surface area contributed by atoms with Crippen molar-refractivity contribution < 1.29 is 5.11 Å². The predicted molar refractivity (Wildman–Crippen MR) is 80.8 cm³/mol. The summed E-state index contributed by atoms with van der Waals surface area (Å²) in [6.07, 6.45) is 9.47. The van der Waals surface area contributed by atoms with E-state index in [0.29, 0.717) is 5.41 Å². The molecule has 1 nitrogen and oxygen atoms in total. The first-order valence-electron chi connectivity index (χ1n) is 7.17. The van der Waals surface area contributed by atoms with Crippen molar-refractivity contribution in [2.45, 2.75) is 78.7 Å². The van der Waals surface area contributed by atoms with Gasteiger partial charge in [0.2, 0.25) is 0 Å². The highest BCUT2D eigenvalue weighted by Gasteiger charge is 2.08. The summed E-state index contributed by atoms with van der Waals surface area (Å²) in [4.78, 5) is 0. The number of thioether (sulfide) groups is 1. The standard InChI is InChI=1S/C15H32OS/c1-14(16)13-17-12-10-8-6-5-7-9-11-15(2,3)4/h14,16H,5-13H2,1-4H3. The Labute approximate surface area is 113 Å². The molecule has 104 valence electrons. The first kappa shape index (κ1) is 17.3. The van der Waals surface area contributed by atoms with Gasteiger partial charge in [0.25, 0.3) is 0 Å². The van der Waals surface area contributed by atoms with E-state index in [0.717, 1.165) is 5.75 Å². The van der Waals surface area contributed by atoms with Crippen LogP contribution in [0.4, 0.5) is 0 Å². The molecule has 0 rings (SSSR count). The Bertz CT molecular complexity index is 161. The van der Waals surface area contributed by atoms with E-state index < -0.39 is 0 Å². The van der Waals surface area contributed by atoms with Crippen LogP contribution >= 0.6 is 11.8 Å². The zero-order chi connectivity index (χ0) is 13.1. The van der Waals surface area contributed by atoms with Gasteiger partial charge in [-0.1, -0.05) is 52.9 Å². The van der Waals surface area contributed by atoms with Crippen molar-refractivity contribution in [2.24, 2.45) is 5.41 Å². The lowest BCUT2D eigenvalue weighted by molar-refractivity contribution is 0.220. The second-order valence-electron chi connectivity index (χ2n) is 6.36. The average Bonchev–Trinajstić information content (AvgIpc) is 2.18. The maximum absolute atomic E-state index is 9.10. The Hall–Kier alpha value is 0.310. The van der Waals surface area contributed by atoms with Crippen LogP contribution in [0.5, 0.6) is 0 Å². The summed E-state index contributed by atoms with van der Waals surface area (Å²) in [6, 6.07) is 0. The molecule has 1 N–H and O–H groups in total. The Kier molecular flexibility index (Phi) is 10.4. The van der Waals surface area contributed by atoms with E-state index in [1.54, 1.807) is 0 Å². The fourth-order valence-electron chi connectivity index (χ4n) is 1.82. The van der Waals surface area contributed by atoms with Crippen molar-refractivity contribution in [3.05, 3.63) is 0 Å². The largest absolute Gasteiger partial charge is 0.393 e. The monoisotopic (exact) mass is 260 g/mol. The molecule has 17 heavy (non-hydrogen) atoms. The molecule has 0 spiro atoms. The minimum absolute atomic E-state index is 0.141. The van der Waals surface area contributed by atoms with Crippen LogP contribution in [0.1, 0.15) is 72.6 Å². The summed E-state index contributed by atoms with van der Waals surface area (Å²) in [7, 11) is 0. The smallest absolute Gasteiger partial charge is 0.0602 e. The molecule has 0 aliphatic carbocycles. The molecule has 0 amide bonds. The van der Waals surface area contributed by atoms with Crippen molar-refractivity contribution >= 4 is 11.8 Å². The number of unbranched alkanes of at least 4 members (excludes halogenated alkanes) is 5. The summed E-state index contributed by atoms with van der Waals surface area (Å²) >= 11 is 1.88. The van der Waals surface area contributed by atoms with Crippen LogP contribution in [0.15, 0.2) is 0 Å². The van der Waals surface area contributed by atoms with Gasteiger partial charge in [-0.25, -0.2) is 0 Å². The fraction of sp³-hybridized carbons (Fsp3) is 1.00. The molecule has 0 heterocycles. The van der Waals surface area contributed by atoms with Gasteiger partial charge in [-0.3, -0.25) is 0 Å². The molecular formula is C15H32OS. The molecule has 0 aliphatic heterocycles. The predicted octanol–water partition coefficient (Wildman–Crippen LogP) is 4.88. The van der Waals surface area contributed by atoms with Crippen LogP contribution < -0.4 is 0 Å². The van der Waals surface area contributed by atoms with E-state index in [1.807, 2.05) is 18.7 Å². The third-order valence-corrected chi connectivity index (χ3v) is 4.12. The van der Waals surface area contributed by atoms with E-state index in [1.165, 1.54) is 50.7 Å². The molecule has 0 aromatic heterocycles. The molecule has 0 bridgehead atoms. The number of hydrogen-bond donors (Lipinski definition) is 1. The number of aliphatic hydroxyl groups excluding tert-OH is 1. The fourth-order valence-corrected chi connectivity index (χ4v) is 2.74. The molecule has 0 saturated heterocycles. The van der Waals surface area contributed by atoms with Crippen molar-refractivity contribution in [3.63, 3.8) is 0 Å². The maximum Gasteiger partial charge on any atom is 0.0602 e. The topological polar surface area (TPSA) is 20.2 Å². The van der Waals surface area contributed by atoms with Gasteiger partial charge in [0.1, 0.15) is 0 Å². The Morgan fingerprint density at radius 3 is 2.00 bits per heavy atom. The van der Waals surface area contributed by atoms with Crippen molar-refractivity contribution in [1.82, 2.24) is 0 Å². The number of rotatable bonds is 10. The van der Waals surface area contributed by atoms with Gasteiger partial charge < -0.3 is 5.11 Å². The molecule has 0 radical (unpaired) electrons. The molecule has 0 aromatic carbocycles. The minimum Gasteiger partial charge on any atom is -0.393 e. The van der Waals surface area contributed by atoms with Crippen molar-refractivity contribution in [3.8, 4) is 0 Å². The molecular weight excluding hydrogens is 228 g/mol. The third-order valence-electron chi connectivity index (χ3n) is 2.82. The third kappa shape index (κ3) is 16.3. The Morgan fingerprint density at radius 2 is 1.47 bits per heavy atom. The van der Waals surface area contributed by atoms with Crippen LogP contribution in [0.25, 0.3) is 0 Å². The van der Waals surface area contributed by atoms with E-state index in [9.17, 15) is 0 Å². The highest BCUT2D eigenvalue weighted by Crippen LogP contribution is 2.22. The number of aliphatic hydroxyl groups is 1. The molecule has 0 aromatic rings. The van der Waals surface area contributed by atoms with Gasteiger partial charge in [-0.05, 0) is 30.9 Å². The molecule has 0 fully saturated rings.